The van der Waals surface area contributed by atoms with Gasteiger partial charge in [0.1, 0.15) is 11.6 Å². The summed E-state index contributed by atoms with van der Waals surface area (Å²) in [7, 11) is 0. The minimum atomic E-state index is -0.841. The lowest BCUT2D eigenvalue weighted by Crippen LogP contribution is -2.45. The molecule has 1 aliphatic rings. The normalized spacial score (nSPS) is 25.8. The fourth-order valence-corrected chi connectivity index (χ4v) is 3.52. The molecule has 0 heterocycles. The molecule has 3 rings (SSSR count). The first-order chi connectivity index (χ1) is 10.1. The Morgan fingerprint density at radius 1 is 1.00 bits per heavy atom. The minimum absolute atomic E-state index is 0.0174. The maximum absolute atomic E-state index is 14.2. The van der Waals surface area contributed by atoms with Crippen molar-refractivity contribution in [2.75, 3.05) is 0 Å². The van der Waals surface area contributed by atoms with Crippen molar-refractivity contribution in [3.63, 3.8) is 0 Å². The molecule has 2 N–H and O–H groups in total. The summed E-state index contributed by atoms with van der Waals surface area (Å²) in [6.45, 7) is 0. The monoisotopic (exact) mass is 287 g/mol. The van der Waals surface area contributed by atoms with Crippen molar-refractivity contribution < 1.29 is 8.78 Å². The quantitative estimate of drug-likeness (QED) is 0.866. The molecule has 0 saturated heterocycles. The molecule has 0 bridgehead atoms. The summed E-state index contributed by atoms with van der Waals surface area (Å²) in [6, 6.07) is 13.5. The van der Waals surface area contributed by atoms with E-state index < -0.39 is 17.2 Å². The second-order valence-corrected chi connectivity index (χ2v) is 5.87. The van der Waals surface area contributed by atoms with E-state index in [4.69, 9.17) is 5.73 Å². The van der Waals surface area contributed by atoms with Crippen LogP contribution in [0, 0.1) is 11.6 Å². The van der Waals surface area contributed by atoms with Crippen LogP contribution < -0.4 is 5.73 Å². The Labute approximate surface area is 123 Å². The average molecular weight is 287 g/mol. The molecule has 1 fully saturated rings. The van der Waals surface area contributed by atoms with Gasteiger partial charge in [0, 0.05) is 11.5 Å². The van der Waals surface area contributed by atoms with Crippen molar-refractivity contribution in [2.45, 2.75) is 37.1 Å². The first-order valence-electron chi connectivity index (χ1n) is 7.40. The van der Waals surface area contributed by atoms with Gasteiger partial charge in [-0.25, -0.2) is 8.78 Å². The molecule has 1 saturated carbocycles. The standard InChI is InChI=1S/C18H19F2N/c19-14-9-10-17(20)16(12-14)18(21)11-5-4-8-15(18)13-6-2-1-3-7-13/h1-3,6-7,9-10,12,15H,4-5,8,11,21H2. The lowest BCUT2D eigenvalue weighted by molar-refractivity contribution is 0.246. The number of hydrogen-bond donors (Lipinski definition) is 1. The highest BCUT2D eigenvalue weighted by Gasteiger charge is 2.41. The first-order valence-corrected chi connectivity index (χ1v) is 7.40. The van der Waals surface area contributed by atoms with Crippen LogP contribution in [-0.2, 0) is 5.54 Å². The van der Waals surface area contributed by atoms with E-state index in [1.165, 1.54) is 12.1 Å². The predicted octanol–water partition coefficient (Wildman–Crippen LogP) is 4.48. The highest BCUT2D eigenvalue weighted by Crippen LogP contribution is 2.46. The summed E-state index contributed by atoms with van der Waals surface area (Å²) in [5.41, 5.74) is 7.18. The van der Waals surface area contributed by atoms with Crippen LogP contribution in [0.5, 0.6) is 0 Å². The van der Waals surface area contributed by atoms with E-state index in [-0.39, 0.29) is 5.92 Å². The Hall–Kier alpha value is -1.74. The zero-order chi connectivity index (χ0) is 14.9. The molecule has 2 atom stereocenters. The third kappa shape index (κ3) is 2.58. The van der Waals surface area contributed by atoms with Gasteiger partial charge in [-0.15, -0.1) is 0 Å². The van der Waals surface area contributed by atoms with Crippen LogP contribution in [0.4, 0.5) is 8.78 Å². The van der Waals surface area contributed by atoms with Crippen LogP contribution in [-0.4, -0.2) is 0 Å². The van der Waals surface area contributed by atoms with Crippen LogP contribution in [0.3, 0.4) is 0 Å². The minimum Gasteiger partial charge on any atom is -0.321 e. The van der Waals surface area contributed by atoms with E-state index in [0.29, 0.717) is 12.0 Å². The summed E-state index contributed by atoms with van der Waals surface area (Å²) < 4.78 is 27.8. The molecule has 2 aromatic rings. The topological polar surface area (TPSA) is 26.0 Å². The number of nitrogens with two attached hydrogens (primary N) is 1. The average Bonchev–Trinajstić information content (AvgIpc) is 2.51. The van der Waals surface area contributed by atoms with Crippen LogP contribution in [0.25, 0.3) is 0 Å². The number of rotatable bonds is 2. The molecule has 2 unspecified atom stereocenters. The van der Waals surface area contributed by atoms with E-state index in [0.717, 1.165) is 30.9 Å². The Morgan fingerprint density at radius 3 is 2.52 bits per heavy atom. The summed E-state index contributed by atoms with van der Waals surface area (Å²) in [5.74, 6) is -0.834. The molecular weight excluding hydrogens is 268 g/mol. The van der Waals surface area contributed by atoms with E-state index in [1.807, 2.05) is 30.3 Å². The Bertz CT molecular complexity index is 626. The van der Waals surface area contributed by atoms with E-state index in [9.17, 15) is 8.78 Å². The van der Waals surface area contributed by atoms with E-state index in [1.54, 1.807) is 0 Å². The Kier molecular flexibility index (Phi) is 3.77. The maximum Gasteiger partial charge on any atom is 0.128 e. The van der Waals surface area contributed by atoms with Gasteiger partial charge in [-0.3, -0.25) is 0 Å². The molecule has 1 nitrogen and oxygen atoms in total. The number of hydrogen-bond acceptors (Lipinski definition) is 1. The second kappa shape index (κ2) is 5.57. The molecule has 3 heteroatoms. The van der Waals surface area contributed by atoms with Gasteiger partial charge in [-0.05, 0) is 36.6 Å². The van der Waals surface area contributed by atoms with Crippen molar-refractivity contribution in [1.29, 1.82) is 0 Å². The van der Waals surface area contributed by atoms with Gasteiger partial charge in [-0.2, -0.15) is 0 Å². The molecule has 1 aliphatic carbocycles. The van der Waals surface area contributed by atoms with Crippen molar-refractivity contribution in [3.8, 4) is 0 Å². The van der Waals surface area contributed by atoms with Crippen LogP contribution >= 0.6 is 0 Å². The highest BCUT2D eigenvalue weighted by molar-refractivity contribution is 5.34. The van der Waals surface area contributed by atoms with Crippen LogP contribution in [0.1, 0.15) is 42.7 Å². The smallest absolute Gasteiger partial charge is 0.128 e. The van der Waals surface area contributed by atoms with E-state index >= 15 is 0 Å². The number of halogens is 2. The van der Waals surface area contributed by atoms with Gasteiger partial charge in [-0.1, -0.05) is 43.2 Å². The zero-order valence-electron chi connectivity index (χ0n) is 11.9. The lowest BCUT2D eigenvalue weighted by Gasteiger charge is -2.42. The summed E-state index contributed by atoms with van der Waals surface area (Å²) >= 11 is 0. The Balaban J connectivity index is 2.09. The predicted molar refractivity (Wildman–Crippen MR) is 79.9 cm³/mol. The largest absolute Gasteiger partial charge is 0.321 e. The zero-order valence-corrected chi connectivity index (χ0v) is 11.9. The van der Waals surface area contributed by atoms with Crippen LogP contribution in [0.15, 0.2) is 48.5 Å². The number of benzene rings is 2. The van der Waals surface area contributed by atoms with Gasteiger partial charge in [0.2, 0.25) is 0 Å². The molecular formula is C18H19F2N. The summed E-state index contributed by atoms with van der Waals surface area (Å²) in [4.78, 5) is 0. The fraction of sp³-hybridized carbons (Fsp3) is 0.333. The van der Waals surface area contributed by atoms with Crippen LogP contribution in [0.2, 0.25) is 0 Å². The maximum atomic E-state index is 14.2. The lowest BCUT2D eigenvalue weighted by atomic mass is 9.67. The SMILES string of the molecule is NC1(c2cc(F)ccc2F)CCCCC1c1ccccc1. The van der Waals surface area contributed by atoms with Gasteiger partial charge >= 0.3 is 0 Å². The third-order valence-corrected chi connectivity index (χ3v) is 4.59. The molecule has 0 amide bonds. The molecule has 110 valence electrons. The van der Waals surface area contributed by atoms with Crippen molar-refractivity contribution in [3.05, 3.63) is 71.3 Å². The third-order valence-electron chi connectivity index (χ3n) is 4.59. The first kappa shape index (κ1) is 14.2. The van der Waals surface area contributed by atoms with Crippen molar-refractivity contribution in [1.82, 2.24) is 0 Å². The molecule has 2 aromatic carbocycles. The van der Waals surface area contributed by atoms with Crippen molar-refractivity contribution in [2.24, 2.45) is 5.73 Å². The molecule has 21 heavy (non-hydrogen) atoms. The van der Waals surface area contributed by atoms with Gasteiger partial charge < -0.3 is 5.73 Å². The molecule has 0 radical (unpaired) electrons. The van der Waals surface area contributed by atoms with Gasteiger partial charge in [0.15, 0.2) is 0 Å². The summed E-state index contributed by atoms with van der Waals surface area (Å²) in [6.07, 6.45) is 3.58. The molecule has 0 aliphatic heterocycles. The molecule has 0 spiro atoms. The highest BCUT2D eigenvalue weighted by atomic mass is 19.1. The fourth-order valence-electron chi connectivity index (χ4n) is 3.52. The van der Waals surface area contributed by atoms with Gasteiger partial charge in [0.05, 0.1) is 5.54 Å². The summed E-state index contributed by atoms with van der Waals surface area (Å²) in [5, 5.41) is 0. The van der Waals surface area contributed by atoms with E-state index in [2.05, 4.69) is 0 Å². The molecule has 0 aromatic heterocycles. The Morgan fingerprint density at radius 2 is 1.76 bits per heavy atom. The van der Waals surface area contributed by atoms with Crippen molar-refractivity contribution >= 4 is 0 Å². The van der Waals surface area contributed by atoms with Gasteiger partial charge in [0.25, 0.3) is 0 Å². The second-order valence-electron chi connectivity index (χ2n) is 5.87.